The van der Waals surface area contributed by atoms with Crippen LogP contribution in [0.5, 0.6) is 0 Å². The van der Waals surface area contributed by atoms with Gasteiger partial charge in [0.15, 0.2) is 0 Å². The summed E-state index contributed by atoms with van der Waals surface area (Å²) in [6, 6.07) is 8.82. The second kappa shape index (κ2) is 6.19. The number of nitrogens with one attached hydrogen (secondary N) is 2. The fraction of sp³-hybridized carbons (Fsp3) is 0.143. The van der Waals surface area contributed by atoms with Crippen LogP contribution in [0.3, 0.4) is 0 Å². The molecule has 0 spiro atoms. The highest BCUT2D eigenvalue weighted by Gasteiger charge is 2.13. The second-order valence-corrected chi connectivity index (χ2v) is 6.35. The van der Waals surface area contributed by atoms with Crippen LogP contribution in [0.15, 0.2) is 34.8 Å². The van der Waals surface area contributed by atoms with E-state index in [2.05, 4.69) is 26.8 Å². The van der Waals surface area contributed by atoms with Gasteiger partial charge in [0.05, 0.1) is 10.4 Å². The van der Waals surface area contributed by atoms with Gasteiger partial charge in [0, 0.05) is 9.35 Å². The fourth-order valence-corrected chi connectivity index (χ4v) is 2.97. The van der Waals surface area contributed by atoms with E-state index in [1.54, 1.807) is 24.3 Å². The quantitative estimate of drug-likeness (QED) is 0.815. The molecular weight excluding hydrogens is 340 g/mol. The van der Waals surface area contributed by atoms with Crippen LogP contribution in [0.4, 0.5) is 0 Å². The van der Waals surface area contributed by atoms with E-state index >= 15 is 0 Å². The Labute approximate surface area is 129 Å². The molecule has 1 aromatic heterocycles. The van der Waals surface area contributed by atoms with Gasteiger partial charge in [-0.1, -0.05) is 12.1 Å². The number of benzene rings is 1. The van der Waals surface area contributed by atoms with Gasteiger partial charge in [-0.2, -0.15) is 0 Å². The number of hydrogen-bond donors (Lipinski definition) is 2. The van der Waals surface area contributed by atoms with E-state index in [0.29, 0.717) is 14.9 Å². The van der Waals surface area contributed by atoms with Crippen molar-refractivity contribution in [1.29, 1.82) is 0 Å². The largest absolute Gasteiger partial charge is 0.279 e. The lowest BCUT2D eigenvalue weighted by Gasteiger charge is -2.07. The summed E-state index contributed by atoms with van der Waals surface area (Å²) in [6.45, 7) is 3.90. The fourth-order valence-electron chi connectivity index (χ4n) is 1.57. The molecule has 104 valence electrons. The average Bonchev–Trinajstić information content (AvgIpc) is 2.76. The maximum Gasteiger partial charge on any atom is 0.279 e. The third-order valence-electron chi connectivity index (χ3n) is 2.80. The molecule has 0 atom stereocenters. The molecule has 0 unspecified atom stereocenters. The van der Waals surface area contributed by atoms with E-state index in [1.807, 2.05) is 19.9 Å². The van der Waals surface area contributed by atoms with E-state index < -0.39 is 0 Å². The first kappa shape index (κ1) is 14.7. The Morgan fingerprint density at radius 3 is 2.35 bits per heavy atom. The minimum Gasteiger partial charge on any atom is -0.267 e. The Morgan fingerprint density at radius 2 is 1.75 bits per heavy atom. The Morgan fingerprint density at radius 1 is 1.10 bits per heavy atom. The van der Waals surface area contributed by atoms with Crippen molar-refractivity contribution < 1.29 is 9.59 Å². The van der Waals surface area contributed by atoms with Crippen LogP contribution in [0, 0.1) is 13.8 Å². The zero-order chi connectivity index (χ0) is 14.7. The Kier molecular flexibility index (Phi) is 4.57. The van der Waals surface area contributed by atoms with E-state index in [0.717, 1.165) is 10.4 Å². The van der Waals surface area contributed by atoms with E-state index in [1.165, 1.54) is 11.3 Å². The molecule has 2 amide bonds. The van der Waals surface area contributed by atoms with Crippen LogP contribution in [-0.2, 0) is 0 Å². The van der Waals surface area contributed by atoms with Gasteiger partial charge in [-0.25, -0.2) is 0 Å². The van der Waals surface area contributed by atoms with Crippen LogP contribution in [-0.4, -0.2) is 11.8 Å². The molecule has 0 fully saturated rings. The van der Waals surface area contributed by atoms with Crippen LogP contribution < -0.4 is 10.9 Å². The summed E-state index contributed by atoms with van der Waals surface area (Å²) in [5, 5.41) is 0. The summed E-state index contributed by atoms with van der Waals surface area (Å²) in [5.41, 5.74) is 6.35. The molecule has 0 radical (unpaired) electrons. The maximum absolute atomic E-state index is 11.9. The van der Waals surface area contributed by atoms with Crippen molar-refractivity contribution in [2.45, 2.75) is 13.8 Å². The van der Waals surface area contributed by atoms with Gasteiger partial charge in [-0.05, 0) is 53.5 Å². The zero-order valence-corrected chi connectivity index (χ0v) is 13.4. The molecule has 0 aliphatic heterocycles. The molecule has 0 saturated heterocycles. The van der Waals surface area contributed by atoms with Crippen molar-refractivity contribution in [2.75, 3.05) is 0 Å². The SMILES string of the molecule is Cc1cc(C(=O)NNC(=O)c2ccccc2Br)sc1C. The predicted molar refractivity (Wildman–Crippen MR) is 82.9 cm³/mol. The topological polar surface area (TPSA) is 58.2 Å². The number of carbonyl (C=O) groups excluding carboxylic acids is 2. The Bertz CT molecular complexity index is 647. The number of rotatable bonds is 2. The van der Waals surface area contributed by atoms with Gasteiger partial charge in [0.25, 0.3) is 11.8 Å². The van der Waals surface area contributed by atoms with Crippen LogP contribution in [0.2, 0.25) is 0 Å². The van der Waals surface area contributed by atoms with E-state index in [9.17, 15) is 9.59 Å². The van der Waals surface area contributed by atoms with Crippen molar-refractivity contribution >= 4 is 39.1 Å². The van der Waals surface area contributed by atoms with Gasteiger partial charge >= 0.3 is 0 Å². The van der Waals surface area contributed by atoms with Crippen molar-refractivity contribution in [3.63, 3.8) is 0 Å². The third-order valence-corrected chi connectivity index (χ3v) is 4.64. The molecule has 0 aliphatic carbocycles. The number of hydrogen-bond acceptors (Lipinski definition) is 3. The molecule has 0 saturated carbocycles. The Hall–Kier alpha value is -1.66. The molecule has 6 heteroatoms. The molecule has 2 aromatic rings. The molecule has 0 bridgehead atoms. The van der Waals surface area contributed by atoms with Gasteiger partial charge < -0.3 is 0 Å². The number of hydrazine groups is 1. The second-order valence-electron chi connectivity index (χ2n) is 4.24. The smallest absolute Gasteiger partial charge is 0.267 e. The standard InChI is InChI=1S/C14H13BrN2O2S/c1-8-7-12(20-9(8)2)14(19)17-16-13(18)10-5-3-4-6-11(10)15/h3-7H,1-2H3,(H,16,18)(H,17,19). The van der Waals surface area contributed by atoms with Crippen molar-refractivity contribution in [3.8, 4) is 0 Å². The highest BCUT2D eigenvalue weighted by atomic mass is 79.9. The lowest BCUT2D eigenvalue weighted by atomic mass is 10.2. The first-order valence-corrected chi connectivity index (χ1v) is 7.52. The predicted octanol–water partition coefficient (Wildman–Crippen LogP) is 3.20. The minimum absolute atomic E-state index is 0.313. The molecular formula is C14H13BrN2O2S. The summed E-state index contributed by atoms with van der Waals surface area (Å²) >= 11 is 4.69. The number of amides is 2. The Balaban J connectivity index is 2.00. The zero-order valence-electron chi connectivity index (χ0n) is 11.0. The molecule has 1 heterocycles. The summed E-state index contributed by atoms with van der Waals surface area (Å²) in [6.07, 6.45) is 0. The summed E-state index contributed by atoms with van der Waals surface area (Å²) in [7, 11) is 0. The molecule has 0 aliphatic rings. The average molecular weight is 353 g/mol. The first-order valence-electron chi connectivity index (χ1n) is 5.91. The monoisotopic (exact) mass is 352 g/mol. The van der Waals surface area contributed by atoms with Crippen molar-refractivity contribution in [3.05, 3.63) is 55.7 Å². The molecule has 1 aromatic carbocycles. The van der Waals surface area contributed by atoms with Crippen LogP contribution in [0.25, 0.3) is 0 Å². The maximum atomic E-state index is 11.9. The van der Waals surface area contributed by atoms with E-state index in [-0.39, 0.29) is 11.8 Å². The first-order chi connectivity index (χ1) is 9.49. The number of halogens is 1. The minimum atomic E-state index is -0.365. The number of carbonyl (C=O) groups is 2. The lowest BCUT2D eigenvalue weighted by molar-refractivity contribution is 0.0848. The van der Waals surface area contributed by atoms with Crippen LogP contribution >= 0.6 is 27.3 Å². The summed E-state index contributed by atoms with van der Waals surface area (Å²) in [5.74, 6) is -0.678. The summed E-state index contributed by atoms with van der Waals surface area (Å²) in [4.78, 5) is 25.5. The van der Waals surface area contributed by atoms with E-state index in [4.69, 9.17) is 0 Å². The summed E-state index contributed by atoms with van der Waals surface area (Å²) < 4.78 is 0.676. The number of aryl methyl sites for hydroxylation is 2. The van der Waals surface area contributed by atoms with Crippen molar-refractivity contribution in [2.24, 2.45) is 0 Å². The van der Waals surface area contributed by atoms with Gasteiger partial charge in [0.1, 0.15) is 0 Å². The number of thiophene rings is 1. The lowest BCUT2D eigenvalue weighted by Crippen LogP contribution is -2.41. The normalized spacial score (nSPS) is 10.2. The molecule has 4 nitrogen and oxygen atoms in total. The molecule has 2 N–H and O–H groups in total. The van der Waals surface area contributed by atoms with Gasteiger partial charge in [0.2, 0.25) is 0 Å². The molecule has 20 heavy (non-hydrogen) atoms. The van der Waals surface area contributed by atoms with Crippen molar-refractivity contribution in [1.82, 2.24) is 10.9 Å². The third kappa shape index (κ3) is 3.26. The highest BCUT2D eigenvalue weighted by Crippen LogP contribution is 2.20. The van der Waals surface area contributed by atoms with Crippen LogP contribution in [0.1, 0.15) is 30.5 Å². The molecule has 2 rings (SSSR count). The van der Waals surface area contributed by atoms with Gasteiger partial charge in [-0.3, -0.25) is 20.4 Å². The van der Waals surface area contributed by atoms with Gasteiger partial charge in [-0.15, -0.1) is 11.3 Å². The highest BCUT2D eigenvalue weighted by molar-refractivity contribution is 9.10.